The third-order valence-electron chi connectivity index (χ3n) is 3.24. The Morgan fingerprint density at radius 2 is 1.95 bits per heavy atom. The summed E-state index contributed by atoms with van der Waals surface area (Å²) in [5.74, 6) is 0.809. The number of rotatable bonds is 4. The maximum Gasteiger partial charge on any atom is 0.171 e. The third-order valence-corrected chi connectivity index (χ3v) is 4.14. The van der Waals surface area contributed by atoms with Crippen molar-refractivity contribution in [2.45, 2.75) is 23.1 Å². The highest BCUT2D eigenvalue weighted by Crippen LogP contribution is 2.29. The van der Waals surface area contributed by atoms with Crippen molar-refractivity contribution in [3.63, 3.8) is 0 Å². The van der Waals surface area contributed by atoms with Crippen LogP contribution in [0.1, 0.15) is 18.6 Å². The number of aliphatic hydroxyl groups excluding tert-OH is 1. The maximum absolute atomic E-state index is 9.51. The Morgan fingerprint density at radius 1 is 1.19 bits per heavy atom. The minimum atomic E-state index is -0.442. The number of aliphatic hydroxyl groups is 1. The van der Waals surface area contributed by atoms with Gasteiger partial charge in [-0.25, -0.2) is 4.98 Å². The molecule has 0 aliphatic heterocycles. The summed E-state index contributed by atoms with van der Waals surface area (Å²) in [6.07, 6.45) is -0.442. The van der Waals surface area contributed by atoms with Crippen molar-refractivity contribution in [2.75, 3.05) is 7.11 Å². The molecule has 5 heteroatoms. The number of aromatic amines is 1. The fourth-order valence-electron chi connectivity index (χ4n) is 2.07. The molecular weight excluding hydrogens is 284 g/mol. The number of hydrogen-bond donors (Lipinski definition) is 2. The molecular formula is C16H16N2O2S. The van der Waals surface area contributed by atoms with Crippen LogP contribution in [0.25, 0.3) is 11.0 Å². The number of nitrogens with zero attached hydrogens (tertiary/aromatic N) is 1. The standard InChI is InChI=1S/C16H16N2O2S/c1-10(19)11-3-6-13(7-4-11)21-16-17-14-8-5-12(20-2)9-15(14)18-16/h3-10,19H,1-2H3,(H,17,18)/t10-/m0/s1. The number of hydrogen-bond acceptors (Lipinski definition) is 4. The lowest BCUT2D eigenvalue weighted by Gasteiger charge is -2.04. The molecule has 0 saturated carbocycles. The van der Waals surface area contributed by atoms with Crippen LogP contribution in [0, 0.1) is 0 Å². The number of imidazole rings is 1. The van der Waals surface area contributed by atoms with Gasteiger partial charge >= 0.3 is 0 Å². The van der Waals surface area contributed by atoms with Crippen molar-refractivity contribution in [3.8, 4) is 5.75 Å². The van der Waals surface area contributed by atoms with Crippen molar-refractivity contribution in [1.29, 1.82) is 0 Å². The fourth-order valence-corrected chi connectivity index (χ4v) is 2.87. The van der Waals surface area contributed by atoms with Crippen LogP contribution in [-0.4, -0.2) is 22.2 Å². The van der Waals surface area contributed by atoms with Gasteiger partial charge in [0.05, 0.1) is 24.2 Å². The third kappa shape index (κ3) is 3.04. The van der Waals surface area contributed by atoms with Crippen LogP contribution < -0.4 is 4.74 Å². The normalized spacial score (nSPS) is 12.5. The van der Waals surface area contributed by atoms with Crippen LogP contribution >= 0.6 is 11.8 Å². The topological polar surface area (TPSA) is 58.1 Å². The molecule has 0 unspecified atom stereocenters. The van der Waals surface area contributed by atoms with Gasteiger partial charge in [-0.1, -0.05) is 23.9 Å². The molecule has 1 aromatic heterocycles. The van der Waals surface area contributed by atoms with Gasteiger partial charge in [0.2, 0.25) is 0 Å². The zero-order valence-electron chi connectivity index (χ0n) is 11.8. The molecule has 3 aromatic rings. The molecule has 2 aromatic carbocycles. The van der Waals surface area contributed by atoms with E-state index < -0.39 is 6.10 Å². The van der Waals surface area contributed by atoms with E-state index in [9.17, 15) is 5.11 Å². The van der Waals surface area contributed by atoms with Gasteiger partial charge in [-0.3, -0.25) is 0 Å². The smallest absolute Gasteiger partial charge is 0.171 e. The van der Waals surface area contributed by atoms with Crippen LogP contribution in [0.5, 0.6) is 5.75 Å². The Morgan fingerprint density at radius 3 is 2.62 bits per heavy atom. The minimum absolute atomic E-state index is 0.442. The average molecular weight is 300 g/mol. The first-order valence-electron chi connectivity index (χ1n) is 6.65. The number of H-pyrrole nitrogens is 1. The maximum atomic E-state index is 9.51. The molecule has 0 bridgehead atoms. The summed E-state index contributed by atoms with van der Waals surface area (Å²) in [4.78, 5) is 8.90. The predicted molar refractivity (Wildman–Crippen MR) is 83.8 cm³/mol. The van der Waals surface area contributed by atoms with Crippen LogP contribution in [0.15, 0.2) is 52.5 Å². The molecule has 0 aliphatic rings. The van der Waals surface area contributed by atoms with Crippen molar-refractivity contribution >= 4 is 22.8 Å². The summed E-state index contributed by atoms with van der Waals surface area (Å²) in [6, 6.07) is 13.6. The Kier molecular flexibility index (Phi) is 3.86. The Labute approximate surface area is 127 Å². The molecule has 0 fully saturated rings. The van der Waals surface area contributed by atoms with Gasteiger partial charge < -0.3 is 14.8 Å². The largest absolute Gasteiger partial charge is 0.497 e. The number of ether oxygens (including phenoxy) is 1. The first kappa shape index (κ1) is 14.0. The minimum Gasteiger partial charge on any atom is -0.497 e. The van der Waals surface area contributed by atoms with E-state index in [-0.39, 0.29) is 0 Å². The van der Waals surface area contributed by atoms with Gasteiger partial charge in [0.25, 0.3) is 0 Å². The van der Waals surface area contributed by atoms with Crippen LogP contribution in [0.4, 0.5) is 0 Å². The van der Waals surface area contributed by atoms with E-state index in [0.29, 0.717) is 0 Å². The van der Waals surface area contributed by atoms with E-state index in [1.807, 2.05) is 42.5 Å². The molecule has 1 heterocycles. The number of methoxy groups -OCH3 is 1. The molecule has 0 aliphatic carbocycles. The summed E-state index contributed by atoms with van der Waals surface area (Å²) in [5, 5.41) is 10.3. The molecule has 21 heavy (non-hydrogen) atoms. The van der Waals surface area contributed by atoms with E-state index in [1.54, 1.807) is 25.8 Å². The molecule has 4 nitrogen and oxygen atoms in total. The van der Waals surface area contributed by atoms with Gasteiger partial charge in [-0.15, -0.1) is 0 Å². The lowest BCUT2D eigenvalue weighted by Crippen LogP contribution is -1.89. The first-order chi connectivity index (χ1) is 10.2. The molecule has 108 valence electrons. The zero-order chi connectivity index (χ0) is 14.8. The van der Waals surface area contributed by atoms with E-state index in [2.05, 4.69) is 9.97 Å². The van der Waals surface area contributed by atoms with Gasteiger partial charge in [0, 0.05) is 11.0 Å². The lowest BCUT2D eigenvalue weighted by molar-refractivity contribution is 0.199. The second-order valence-corrected chi connectivity index (χ2v) is 5.83. The highest BCUT2D eigenvalue weighted by atomic mass is 32.2. The Balaban J connectivity index is 1.84. The number of nitrogens with one attached hydrogen (secondary N) is 1. The SMILES string of the molecule is COc1ccc2nc(Sc3ccc([C@H](C)O)cc3)[nH]c2c1. The molecule has 2 N–H and O–H groups in total. The molecule has 0 radical (unpaired) electrons. The van der Waals surface area contributed by atoms with E-state index in [0.717, 1.165) is 32.4 Å². The molecule has 1 atom stereocenters. The number of fused-ring (bicyclic) bond motifs is 1. The van der Waals surface area contributed by atoms with Crippen molar-refractivity contribution in [3.05, 3.63) is 48.0 Å². The van der Waals surface area contributed by atoms with Crippen molar-refractivity contribution in [1.82, 2.24) is 9.97 Å². The quantitative estimate of drug-likeness (QED) is 0.770. The van der Waals surface area contributed by atoms with E-state index in [1.165, 1.54) is 0 Å². The first-order valence-corrected chi connectivity index (χ1v) is 7.47. The molecule has 0 spiro atoms. The molecule has 3 rings (SSSR count). The Bertz CT molecular complexity index is 751. The second kappa shape index (κ2) is 5.79. The van der Waals surface area contributed by atoms with Crippen LogP contribution in [0.3, 0.4) is 0 Å². The van der Waals surface area contributed by atoms with Crippen LogP contribution in [-0.2, 0) is 0 Å². The number of benzene rings is 2. The average Bonchev–Trinajstić information content (AvgIpc) is 2.88. The second-order valence-electron chi connectivity index (χ2n) is 4.77. The lowest BCUT2D eigenvalue weighted by atomic mass is 10.1. The van der Waals surface area contributed by atoms with Gasteiger partial charge in [-0.2, -0.15) is 0 Å². The Hall–Kier alpha value is -1.98. The van der Waals surface area contributed by atoms with Crippen LogP contribution in [0.2, 0.25) is 0 Å². The highest BCUT2D eigenvalue weighted by Gasteiger charge is 2.07. The summed E-state index contributed by atoms with van der Waals surface area (Å²) >= 11 is 1.56. The van der Waals surface area contributed by atoms with Gasteiger partial charge in [0.15, 0.2) is 5.16 Å². The van der Waals surface area contributed by atoms with E-state index >= 15 is 0 Å². The molecule has 0 amide bonds. The van der Waals surface area contributed by atoms with Crippen molar-refractivity contribution < 1.29 is 9.84 Å². The zero-order valence-corrected chi connectivity index (χ0v) is 12.6. The monoisotopic (exact) mass is 300 g/mol. The van der Waals surface area contributed by atoms with E-state index in [4.69, 9.17) is 4.74 Å². The highest BCUT2D eigenvalue weighted by molar-refractivity contribution is 7.99. The molecule has 0 saturated heterocycles. The van der Waals surface area contributed by atoms with Gasteiger partial charge in [0.1, 0.15) is 5.75 Å². The predicted octanol–water partition coefficient (Wildman–Crippen LogP) is 3.78. The fraction of sp³-hybridized carbons (Fsp3) is 0.188. The summed E-state index contributed by atoms with van der Waals surface area (Å²) < 4.78 is 5.21. The van der Waals surface area contributed by atoms with Gasteiger partial charge in [-0.05, 0) is 36.8 Å². The summed E-state index contributed by atoms with van der Waals surface area (Å²) in [7, 11) is 1.65. The summed E-state index contributed by atoms with van der Waals surface area (Å²) in [5.41, 5.74) is 2.78. The summed E-state index contributed by atoms with van der Waals surface area (Å²) in [6.45, 7) is 1.76. The number of aromatic nitrogens is 2. The van der Waals surface area contributed by atoms with Crippen molar-refractivity contribution in [2.24, 2.45) is 0 Å².